The molecule has 0 radical (unpaired) electrons. The normalized spacial score (nSPS) is 12.1. The molecule has 0 fully saturated rings. The molecule has 1 atom stereocenters. The summed E-state index contributed by atoms with van der Waals surface area (Å²) >= 11 is 0. The number of aryl methyl sites for hydroxylation is 1. The Bertz CT molecular complexity index is 708. The first kappa shape index (κ1) is 13.3. The Morgan fingerprint density at radius 2 is 1.90 bits per heavy atom. The third-order valence-electron chi connectivity index (χ3n) is 3.02. The topological polar surface area (TPSA) is 61.0 Å². The molecular weight excluding hydrogens is 266 g/mol. The van der Waals surface area contributed by atoms with Crippen LogP contribution in [0.15, 0.2) is 53.2 Å². The van der Waals surface area contributed by atoms with E-state index in [1.165, 1.54) is 5.56 Å². The van der Waals surface area contributed by atoms with E-state index in [1.54, 1.807) is 6.20 Å². The Morgan fingerprint density at radius 1 is 1.10 bits per heavy atom. The molecular formula is C16H15N3O2. The lowest BCUT2D eigenvalue weighted by atomic mass is 10.2. The van der Waals surface area contributed by atoms with Crippen LogP contribution in [0.3, 0.4) is 0 Å². The van der Waals surface area contributed by atoms with E-state index in [2.05, 4.69) is 15.1 Å². The number of benzene rings is 1. The molecule has 0 bridgehead atoms. The van der Waals surface area contributed by atoms with Gasteiger partial charge in [-0.05, 0) is 38.1 Å². The fourth-order valence-corrected chi connectivity index (χ4v) is 1.87. The molecule has 106 valence electrons. The number of rotatable bonds is 4. The Hall–Kier alpha value is -2.69. The maximum absolute atomic E-state index is 5.79. The lowest BCUT2D eigenvalue weighted by molar-refractivity contribution is 0.176. The zero-order valence-corrected chi connectivity index (χ0v) is 11.9. The Balaban J connectivity index is 1.75. The second-order valence-electron chi connectivity index (χ2n) is 4.74. The van der Waals surface area contributed by atoms with Gasteiger partial charge in [-0.1, -0.05) is 28.9 Å². The van der Waals surface area contributed by atoms with Gasteiger partial charge in [0.15, 0.2) is 6.10 Å². The predicted octanol–water partition coefficient (Wildman–Crippen LogP) is 3.58. The highest BCUT2D eigenvalue weighted by atomic mass is 16.5. The molecule has 21 heavy (non-hydrogen) atoms. The highest BCUT2D eigenvalue weighted by Gasteiger charge is 2.17. The minimum absolute atomic E-state index is 0.322. The van der Waals surface area contributed by atoms with Crippen LogP contribution in [0.4, 0.5) is 0 Å². The van der Waals surface area contributed by atoms with Crippen LogP contribution >= 0.6 is 0 Å². The van der Waals surface area contributed by atoms with Crippen molar-refractivity contribution in [2.24, 2.45) is 0 Å². The van der Waals surface area contributed by atoms with Gasteiger partial charge in [-0.3, -0.25) is 4.98 Å². The monoisotopic (exact) mass is 281 g/mol. The average molecular weight is 281 g/mol. The second-order valence-corrected chi connectivity index (χ2v) is 4.74. The quantitative estimate of drug-likeness (QED) is 0.731. The SMILES string of the molecule is Cc1ccc(O[C@@H](C)c2nc(-c3ccccn3)no2)cc1. The van der Waals surface area contributed by atoms with Crippen LogP contribution in [0.2, 0.25) is 0 Å². The van der Waals surface area contributed by atoms with Crippen LogP contribution < -0.4 is 4.74 Å². The van der Waals surface area contributed by atoms with Crippen LogP contribution in [0.25, 0.3) is 11.5 Å². The molecule has 0 saturated heterocycles. The van der Waals surface area contributed by atoms with Gasteiger partial charge in [-0.2, -0.15) is 4.98 Å². The average Bonchev–Trinajstić information content (AvgIpc) is 3.00. The maximum atomic E-state index is 5.79. The van der Waals surface area contributed by atoms with Gasteiger partial charge in [0, 0.05) is 6.20 Å². The van der Waals surface area contributed by atoms with Gasteiger partial charge in [0.2, 0.25) is 5.82 Å². The summed E-state index contributed by atoms with van der Waals surface area (Å²) in [5, 5.41) is 3.93. The number of nitrogens with zero attached hydrogens (tertiary/aromatic N) is 3. The minimum Gasteiger partial charge on any atom is -0.481 e. The van der Waals surface area contributed by atoms with Crippen molar-refractivity contribution in [3.8, 4) is 17.3 Å². The minimum atomic E-state index is -0.322. The summed E-state index contributed by atoms with van der Waals surface area (Å²) < 4.78 is 11.0. The van der Waals surface area contributed by atoms with E-state index in [4.69, 9.17) is 9.26 Å². The summed E-state index contributed by atoms with van der Waals surface area (Å²) in [6.45, 7) is 3.90. The zero-order valence-electron chi connectivity index (χ0n) is 11.9. The molecule has 0 unspecified atom stereocenters. The summed E-state index contributed by atoms with van der Waals surface area (Å²) in [7, 11) is 0. The largest absolute Gasteiger partial charge is 0.481 e. The lowest BCUT2D eigenvalue weighted by Crippen LogP contribution is -2.03. The third kappa shape index (κ3) is 3.08. The summed E-state index contributed by atoms with van der Waals surface area (Å²) in [6.07, 6.45) is 1.37. The zero-order chi connectivity index (χ0) is 14.7. The fraction of sp³-hybridized carbons (Fsp3) is 0.188. The van der Waals surface area contributed by atoms with E-state index >= 15 is 0 Å². The van der Waals surface area contributed by atoms with Crippen LogP contribution in [0.1, 0.15) is 24.5 Å². The van der Waals surface area contributed by atoms with Gasteiger partial charge in [0.1, 0.15) is 11.4 Å². The maximum Gasteiger partial charge on any atom is 0.267 e. The molecule has 2 heterocycles. The van der Waals surface area contributed by atoms with Crippen molar-refractivity contribution >= 4 is 0 Å². The molecule has 0 saturated carbocycles. The van der Waals surface area contributed by atoms with Crippen LogP contribution in [-0.2, 0) is 0 Å². The first-order valence-electron chi connectivity index (χ1n) is 6.71. The molecule has 0 aliphatic carbocycles. The molecule has 0 aliphatic heterocycles. The molecule has 5 heteroatoms. The first-order chi connectivity index (χ1) is 10.2. The van der Waals surface area contributed by atoms with E-state index in [-0.39, 0.29) is 6.10 Å². The molecule has 5 nitrogen and oxygen atoms in total. The number of aromatic nitrogens is 3. The number of hydrogen-bond acceptors (Lipinski definition) is 5. The number of hydrogen-bond donors (Lipinski definition) is 0. The van der Waals surface area contributed by atoms with Crippen molar-refractivity contribution in [3.63, 3.8) is 0 Å². The molecule has 2 aromatic heterocycles. The van der Waals surface area contributed by atoms with E-state index in [0.717, 1.165) is 5.75 Å². The fourth-order valence-electron chi connectivity index (χ4n) is 1.87. The highest BCUT2D eigenvalue weighted by Crippen LogP contribution is 2.22. The number of ether oxygens (including phenoxy) is 1. The van der Waals surface area contributed by atoms with Crippen molar-refractivity contribution in [2.75, 3.05) is 0 Å². The highest BCUT2D eigenvalue weighted by molar-refractivity contribution is 5.47. The van der Waals surface area contributed by atoms with Crippen molar-refractivity contribution in [2.45, 2.75) is 20.0 Å². The van der Waals surface area contributed by atoms with Gasteiger partial charge in [0.25, 0.3) is 5.89 Å². The van der Waals surface area contributed by atoms with Gasteiger partial charge in [-0.15, -0.1) is 0 Å². The van der Waals surface area contributed by atoms with Crippen LogP contribution in [-0.4, -0.2) is 15.1 Å². The molecule has 3 rings (SSSR count). The molecule has 0 spiro atoms. The van der Waals surface area contributed by atoms with Crippen molar-refractivity contribution in [3.05, 3.63) is 60.1 Å². The lowest BCUT2D eigenvalue weighted by Gasteiger charge is -2.10. The van der Waals surface area contributed by atoms with Crippen LogP contribution in [0, 0.1) is 6.92 Å². The van der Waals surface area contributed by atoms with E-state index in [0.29, 0.717) is 17.4 Å². The number of pyridine rings is 1. The summed E-state index contributed by atoms with van der Waals surface area (Å²) in [4.78, 5) is 8.52. The Kier molecular flexibility index (Phi) is 3.64. The Morgan fingerprint density at radius 3 is 2.62 bits per heavy atom. The second kappa shape index (κ2) is 5.75. The molecule has 0 amide bonds. The smallest absolute Gasteiger partial charge is 0.267 e. The summed E-state index contributed by atoms with van der Waals surface area (Å²) in [5.41, 5.74) is 1.86. The molecule has 1 aromatic carbocycles. The molecule has 0 N–H and O–H groups in total. The first-order valence-corrected chi connectivity index (χ1v) is 6.71. The Labute approximate surface area is 122 Å². The van der Waals surface area contributed by atoms with Gasteiger partial charge >= 0.3 is 0 Å². The standard InChI is InChI=1S/C16H15N3O2/c1-11-6-8-13(9-7-11)20-12(2)16-18-15(19-21-16)14-5-3-4-10-17-14/h3-10,12H,1-2H3/t12-/m0/s1. The van der Waals surface area contributed by atoms with Gasteiger partial charge in [-0.25, -0.2) is 0 Å². The van der Waals surface area contributed by atoms with Crippen molar-refractivity contribution < 1.29 is 9.26 Å². The van der Waals surface area contributed by atoms with Crippen molar-refractivity contribution in [1.82, 2.24) is 15.1 Å². The van der Waals surface area contributed by atoms with Gasteiger partial charge < -0.3 is 9.26 Å². The van der Waals surface area contributed by atoms with E-state index < -0.39 is 0 Å². The predicted molar refractivity (Wildman–Crippen MR) is 77.8 cm³/mol. The van der Waals surface area contributed by atoms with E-state index in [9.17, 15) is 0 Å². The van der Waals surface area contributed by atoms with E-state index in [1.807, 2.05) is 56.3 Å². The van der Waals surface area contributed by atoms with Crippen molar-refractivity contribution in [1.29, 1.82) is 0 Å². The summed E-state index contributed by atoms with van der Waals surface area (Å²) in [5.74, 6) is 1.66. The summed E-state index contributed by atoms with van der Waals surface area (Å²) in [6, 6.07) is 13.4. The molecule has 3 aromatic rings. The molecule has 0 aliphatic rings. The van der Waals surface area contributed by atoms with Gasteiger partial charge in [0.05, 0.1) is 0 Å². The third-order valence-corrected chi connectivity index (χ3v) is 3.02. The van der Waals surface area contributed by atoms with Crippen LogP contribution in [0.5, 0.6) is 5.75 Å².